The summed E-state index contributed by atoms with van der Waals surface area (Å²) >= 11 is 1.51. The summed E-state index contributed by atoms with van der Waals surface area (Å²) < 4.78 is 14.8. The molecule has 1 amide bonds. The molecule has 1 atom stereocenters. The quantitative estimate of drug-likeness (QED) is 0.690. The van der Waals surface area contributed by atoms with E-state index in [1.807, 2.05) is 11.8 Å². The van der Waals surface area contributed by atoms with E-state index in [9.17, 15) is 14.0 Å². The second kappa shape index (κ2) is 7.35. The number of aryl methyl sites for hydroxylation is 1. The van der Waals surface area contributed by atoms with Crippen LogP contribution in [0.25, 0.3) is 4.96 Å². The van der Waals surface area contributed by atoms with Gasteiger partial charge in [0.05, 0.1) is 12.2 Å². The topological polar surface area (TPSA) is 80.7 Å². The van der Waals surface area contributed by atoms with E-state index < -0.39 is 0 Å². The zero-order chi connectivity index (χ0) is 19.8. The van der Waals surface area contributed by atoms with Gasteiger partial charge in [-0.2, -0.15) is 0 Å². The minimum Gasteiger partial charge on any atom is -0.370 e. The van der Waals surface area contributed by atoms with Crippen molar-refractivity contribution < 1.29 is 9.18 Å². The highest BCUT2D eigenvalue weighted by Gasteiger charge is 2.30. The Balaban J connectivity index is 1.68. The zero-order valence-corrected chi connectivity index (χ0v) is 16.3. The summed E-state index contributed by atoms with van der Waals surface area (Å²) in [4.78, 5) is 32.7. The minimum atomic E-state index is -0.354. The van der Waals surface area contributed by atoms with Gasteiger partial charge in [-0.1, -0.05) is 0 Å². The second-order valence-corrected chi connectivity index (χ2v) is 8.07. The molecule has 146 valence electrons. The van der Waals surface area contributed by atoms with Crippen LogP contribution in [-0.2, 0) is 17.8 Å². The number of carbonyl (C=O) groups is 1. The Morgan fingerprint density at radius 3 is 2.82 bits per heavy atom. The second-order valence-electron chi connectivity index (χ2n) is 7.01. The highest BCUT2D eigenvalue weighted by molar-refractivity contribution is 7.17. The molecule has 4 rings (SSSR count). The van der Waals surface area contributed by atoms with E-state index in [4.69, 9.17) is 10.7 Å². The van der Waals surface area contributed by atoms with Crippen LogP contribution >= 0.6 is 11.3 Å². The molecule has 1 unspecified atom stereocenters. The molecular formula is C20H21FN4O2S. The lowest BCUT2D eigenvalue weighted by molar-refractivity contribution is -0.118. The number of primary amides is 1. The third-order valence-corrected chi connectivity index (χ3v) is 6.28. The fourth-order valence-electron chi connectivity index (χ4n) is 3.87. The van der Waals surface area contributed by atoms with Crippen molar-refractivity contribution in [1.82, 2.24) is 9.38 Å². The van der Waals surface area contributed by atoms with Crippen LogP contribution in [0.3, 0.4) is 0 Å². The predicted octanol–water partition coefficient (Wildman–Crippen LogP) is 2.83. The number of hydrogen-bond acceptors (Lipinski definition) is 5. The summed E-state index contributed by atoms with van der Waals surface area (Å²) in [7, 11) is 0. The van der Waals surface area contributed by atoms with Gasteiger partial charge in [0.15, 0.2) is 4.96 Å². The van der Waals surface area contributed by atoms with Crippen LogP contribution in [0.4, 0.5) is 10.1 Å². The third-order valence-electron chi connectivity index (χ3n) is 5.16. The maximum Gasteiger partial charge on any atom is 0.259 e. The van der Waals surface area contributed by atoms with Gasteiger partial charge in [0, 0.05) is 41.2 Å². The lowest BCUT2D eigenvalue weighted by Crippen LogP contribution is -2.25. The first-order valence-corrected chi connectivity index (χ1v) is 10.1. The van der Waals surface area contributed by atoms with Gasteiger partial charge < -0.3 is 10.6 Å². The summed E-state index contributed by atoms with van der Waals surface area (Å²) in [6, 6.07) is 7.83. The molecule has 0 saturated carbocycles. The molecule has 0 fully saturated rings. The molecule has 0 saturated heterocycles. The number of nitrogens with zero attached hydrogens (tertiary/aromatic N) is 3. The zero-order valence-electron chi connectivity index (χ0n) is 15.5. The number of carbonyl (C=O) groups excluding carboxylic acids is 1. The molecule has 1 aromatic carbocycles. The fraction of sp³-hybridized carbons (Fsp3) is 0.350. The van der Waals surface area contributed by atoms with Crippen LogP contribution in [0, 0.1) is 5.82 Å². The van der Waals surface area contributed by atoms with Crippen molar-refractivity contribution in [2.45, 2.75) is 38.6 Å². The van der Waals surface area contributed by atoms with Crippen molar-refractivity contribution in [3.05, 3.63) is 62.8 Å². The summed E-state index contributed by atoms with van der Waals surface area (Å²) in [5, 5.41) is 0. The molecule has 8 heteroatoms. The average Bonchev–Trinajstić information content (AvgIpc) is 3.20. The standard InChI is InChI=1S/C20H21FN4O2S/c1-2-24(15-6-4-13(21)5-7-15)11-14-10-18(27)25-19-12(9-17(22)26)3-8-16(19)28-20(25)23-14/h4-7,10,12H,2-3,8-9,11H2,1H3,(H2,22,26). The maximum atomic E-state index is 13.2. The predicted molar refractivity (Wildman–Crippen MR) is 107 cm³/mol. The lowest BCUT2D eigenvalue weighted by atomic mass is 10.0. The van der Waals surface area contributed by atoms with Crippen molar-refractivity contribution in [2.75, 3.05) is 11.4 Å². The van der Waals surface area contributed by atoms with E-state index in [1.54, 1.807) is 22.6 Å². The van der Waals surface area contributed by atoms with Crippen molar-refractivity contribution in [1.29, 1.82) is 0 Å². The number of aromatic nitrogens is 2. The number of anilines is 1. The Hall–Kier alpha value is -2.74. The number of amides is 1. The molecule has 0 radical (unpaired) electrons. The number of benzene rings is 1. The van der Waals surface area contributed by atoms with E-state index in [2.05, 4.69) is 0 Å². The Morgan fingerprint density at radius 1 is 1.39 bits per heavy atom. The van der Waals surface area contributed by atoms with Gasteiger partial charge >= 0.3 is 0 Å². The highest BCUT2D eigenvalue weighted by Crippen LogP contribution is 2.39. The molecular weight excluding hydrogens is 379 g/mol. The van der Waals surface area contributed by atoms with E-state index in [0.717, 1.165) is 29.1 Å². The Bertz CT molecular complexity index is 1090. The number of rotatable bonds is 6. The van der Waals surface area contributed by atoms with Gasteiger partial charge in [-0.25, -0.2) is 9.37 Å². The SMILES string of the molecule is CCN(Cc1cc(=O)n2c3c(sc2n1)CCC3CC(N)=O)c1ccc(F)cc1. The molecule has 3 aromatic rings. The Kier molecular flexibility index (Phi) is 4.89. The van der Waals surface area contributed by atoms with E-state index in [1.165, 1.54) is 23.5 Å². The van der Waals surface area contributed by atoms with Crippen LogP contribution in [0.1, 0.15) is 41.9 Å². The molecule has 28 heavy (non-hydrogen) atoms. The molecule has 1 aliphatic carbocycles. The Morgan fingerprint density at radius 2 is 2.14 bits per heavy atom. The largest absolute Gasteiger partial charge is 0.370 e. The van der Waals surface area contributed by atoms with Crippen LogP contribution in [-0.4, -0.2) is 21.8 Å². The molecule has 2 heterocycles. The Labute approximate surface area is 165 Å². The first-order valence-electron chi connectivity index (χ1n) is 9.29. The molecule has 1 aliphatic rings. The molecule has 6 nitrogen and oxygen atoms in total. The number of hydrogen-bond donors (Lipinski definition) is 1. The fourth-order valence-corrected chi connectivity index (χ4v) is 5.12. The monoisotopic (exact) mass is 400 g/mol. The normalized spacial score (nSPS) is 15.7. The van der Waals surface area contributed by atoms with Crippen molar-refractivity contribution in [2.24, 2.45) is 5.73 Å². The summed E-state index contributed by atoms with van der Waals surface area (Å²) in [6.45, 7) is 3.16. The average molecular weight is 400 g/mol. The van der Waals surface area contributed by atoms with Gasteiger partial charge in [-0.3, -0.25) is 14.0 Å². The van der Waals surface area contributed by atoms with Gasteiger partial charge in [0.25, 0.3) is 5.56 Å². The summed E-state index contributed by atoms with van der Waals surface area (Å²) in [6.07, 6.45) is 1.93. The number of nitrogens with two attached hydrogens (primary N) is 1. The van der Waals surface area contributed by atoms with Crippen LogP contribution < -0.4 is 16.2 Å². The maximum absolute atomic E-state index is 13.2. The lowest BCUT2D eigenvalue weighted by Gasteiger charge is -2.22. The van der Waals surface area contributed by atoms with Crippen molar-refractivity contribution in [3.63, 3.8) is 0 Å². The van der Waals surface area contributed by atoms with Gasteiger partial charge in [-0.15, -0.1) is 11.3 Å². The number of fused-ring (bicyclic) bond motifs is 3. The van der Waals surface area contributed by atoms with E-state index in [-0.39, 0.29) is 29.6 Å². The number of thiazole rings is 1. The molecule has 0 aliphatic heterocycles. The van der Waals surface area contributed by atoms with Gasteiger partial charge in [-0.05, 0) is 44.0 Å². The van der Waals surface area contributed by atoms with E-state index in [0.29, 0.717) is 23.7 Å². The first kappa shape index (κ1) is 18.6. The molecule has 2 N–H and O–H groups in total. The summed E-state index contributed by atoms with van der Waals surface area (Å²) in [5.74, 6) is -0.651. The van der Waals surface area contributed by atoms with Gasteiger partial charge in [0.2, 0.25) is 5.91 Å². The van der Waals surface area contributed by atoms with E-state index >= 15 is 0 Å². The van der Waals surface area contributed by atoms with Crippen LogP contribution in [0.15, 0.2) is 35.1 Å². The molecule has 2 aromatic heterocycles. The highest BCUT2D eigenvalue weighted by atomic mass is 32.1. The number of halogens is 1. The van der Waals surface area contributed by atoms with Crippen LogP contribution in [0.2, 0.25) is 0 Å². The smallest absolute Gasteiger partial charge is 0.259 e. The molecule has 0 spiro atoms. The van der Waals surface area contributed by atoms with Gasteiger partial charge in [0.1, 0.15) is 5.82 Å². The minimum absolute atomic E-state index is 0.0158. The molecule has 0 bridgehead atoms. The first-order chi connectivity index (χ1) is 13.5. The van der Waals surface area contributed by atoms with Crippen molar-refractivity contribution >= 4 is 27.9 Å². The summed E-state index contributed by atoms with van der Waals surface area (Å²) in [5.41, 5.74) is 7.68. The van der Waals surface area contributed by atoms with Crippen LogP contribution in [0.5, 0.6) is 0 Å². The third kappa shape index (κ3) is 3.40. The van der Waals surface area contributed by atoms with Crippen molar-refractivity contribution in [3.8, 4) is 0 Å².